The second kappa shape index (κ2) is 4.96. The lowest BCUT2D eigenvalue weighted by atomic mass is 10.0. The van der Waals surface area contributed by atoms with Gasteiger partial charge in [0.25, 0.3) is 0 Å². The average molecular weight is 258 g/mol. The highest BCUT2D eigenvalue weighted by Gasteiger charge is 2.16. The molecule has 0 aliphatic heterocycles. The fourth-order valence-corrected chi connectivity index (χ4v) is 2.74. The highest BCUT2D eigenvalue weighted by atomic mass is 16.3. The molecule has 0 bridgehead atoms. The van der Waals surface area contributed by atoms with Gasteiger partial charge in [-0.3, -0.25) is 5.10 Å². The number of aromatic hydroxyl groups is 2. The number of nitrogens with one attached hydrogen (secondary N) is 1. The Bertz CT molecular complexity index is 590. The van der Waals surface area contributed by atoms with E-state index in [2.05, 4.69) is 10.2 Å². The molecule has 19 heavy (non-hydrogen) atoms. The number of aromatic nitrogens is 2. The first-order valence-electron chi connectivity index (χ1n) is 6.80. The fourth-order valence-electron chi connectivity index (χ4n) is 2.74. The average Bonchev–Trinajstić information content (AvgIpc) is 2.63. The van der Waals surface area contributed by atoms with Crippen LogP contribution in [0.3, 0.4) is 0 Å². The van der Waals surface area contributed by atoms with Crippen molar-refractivity contribution in [3.63, 3.8) is 0 Å². The van der Waals surface area contributed by atoms with Gasteiger partial charge in [0.15, 0.2) is 11.5 Å². The van der Waals surface area contributed by atoms with Crippen molar-refractivity contribution < 1.29 is 10.2 Å². The molecule has 100 valence electrons. The summed E-state index contributed by atoms with van der Waals surface area (Å²) in [5, 5.41) is 26.4. The predicted octanol–water partition coefficient (Wildman–Crippen LogP) is 2.68. The number of nitrogens with zero attached hydrogens (tertiary/aromatic N) is 1. The molecule has 4 heteroatoms. The van der Waals surface area contributed by atoms with Crippen LogP contribution >= 0.6 is 0 Å². The number of fused-ring (bicyclic) bond motifs is 1. The standard InChI is InChI=1S/C15H18N2O2/c18-14-7-6-10(9-15(14)19)8-13-11-4-2-1-3-5-12(11)16-17-13/h6-7,9,18-19H,1-5,8H2,(H,16,17). The minimum absolute atomic E-state index is 0.0703. The Balaban J connectivity index is 1.87. The van der Waals surface area contributed by atoms with Gasteiger partial charge in [0.05, 0.1) is 5.69 Å². The van der Waals surface area contributed by atoms with Crippen molar-refractivity contribution in [2.75, 3.05) is 0 Å². The van der Waals surface area contributed by atoms with Crippen LogP contribution in [0.1, 0.15) is 41.8 Å². The highest BCUT2D eigenvalue weighted by molar-refractivity contribution is 5.42. The molecule has 0 spiro atoms. The quantitative estimate of drug-likeness (QED) is 0.573. The number of aryl methyl sites for hydroxylation is 1. The fraction of sp³-hybridized carbons (Fsp3) is 0.400. The van der Waals surface area contributed by atoms with Gasteiger partial charge in [-0.1, -0.05) is 12.5 Å². The summed E-state index contributed by atoms with van der Waals surface area (Å²) in [4.78, 5) is 0. The topological polar surface area (TPSA) is 69.1 Å². The summed E-state index contributed by atoms with van der Waals surface area (Å²) in [7, 11) is 0. The molecule has 0 amide bonds. The summed E-state index contributed by atoms with van der Waals surface area (Å²) in [5.74, 6) is -0.149. The van der Waals surface area contributed by atoms with E-state index < -0.39 is 0 Å². The van der Waals surface area contributed by atoms with Gasteiger partial charge in [-0.25, -0.2) is 0 Å². The summed E-state index contributed by atoms with van der Waals surface area (Å²) in [6.45, 7) is 0. The van der Waals surface area contributed by atoms with Crippen LogP contribution in [0.4, 0.5) is 0 Å². The van der Waals surface area contributed by atoms with E-state index in [4.69, 9.17) is 0 Å². The maximum absolute atomic E-state index is 9.53. The third-order valence-corrected chi connectivity index (χ3v) is 3.80. The molecule has 0 saturated heterocycles. The van der Waals surface area contributed by atoms with E-state index in [9.17, 15) is 10.2 Å². The molecule has 0 saturated carbocycles. The number of rotatable bonds is 2. The first kappa shape index (κ1) is 12.1. The monoisotopic (exact) mass is 258 g/mol. The SMILES string of the molecule is Oc1ccc(Cc2n[nH]c3c2CCCCC3)cc1O. The van der Waals surface area contributed by atoms with Crippen LogP contribution in [0.2, 0.25) is 0 Å². The smallest absolute Gasteiger partial charge is 0.157 e. The van der Waals surface area contributed by atoms with E-state index in [1.807, 2.05) is 6.07 Å². The number of H-pyrrole nitrogens is 1. The van der Waals surface area contributed by atoms with Gasteiger partial charge in [-0.2, -0.15) is 5.10 Å². The number of hydrogen-bond acceptors (Lipinski definition) is 3. The molecule has 0 fully saturated rings. The van der Waals surface area contributed by atoms with Gasteiger partial charge in [0.1, 0.15) is 0 Å². The van der Waals surface area contributed by atoms with Crippen LogP contribution in [0, 0.1) is 0 Å². The van der Waals surface area contributed by atoms with E-state index in [1.165, 1.54) is 36.6 Å². The van der Waals surface area contributed by atoms with Crippen LogP contribution in [0.25, 0.3) is 0 Å². The predicted molar refractivity (Wildman–Crippen MR) is 72.4 cm³/mol. The van der Waals surface area contributed by atoms with Crippen molar-refractivity contribution >= 4 is 0 Å². The first-order chi connectivity index (χ1) is 9.24. The Hall–Kier alpha value is -1.97. The van der Waals surface area contributed by atoms with Gasteiger partial charge >= 0.3 is 0 Å². The van der Waals surface area contributed by atoms with Crippen molar-refractivity contribution in [2.24, 2.45) is 0 Å². The van der Waals surface area contributed by atoms with Crippen LogP contribution in [0.15, 0.2) is 18.2 Å². The minimum Gasteiger partial charge on any atom is -0.504 e. The van der Waals surface area contributed by atoms with Gasteiger partial charge in [0.2, 0.25) is 0 Å². The number of phenolic OH excluding ortho intramolecular Hbond substituents is 2. The molecule has 1 aromatic carbocycles. The zero-order valence-corrected chi connectivity index (χ0v) is 10.8. The van der Waals surface area contributed by atoms with Gasteiger partial charge in [-0.15, -0.1) is 0 Å². The molecular formula is C15H18N2O2. The molecule has 3 N–H and O–H groups in total. The lowest BCUT2D eigenvalue weighted by Gasteiger charge is -2.04. The second-order valence-electron chi connectivity index (χ2n) is 5.19. The van der Waals surface area contributed by atoms with E-state index in [0.717, 1.165) is 24.1 Å². The third-order valence-electron chi connectivity index (χ3n) is 3.80. The summed E-state index contributed by atoms with van der Waals surface area (Å²) in [6.07, 6.45) is 6.60. The molecule has 1 aromatic heterocycles. The summed E-state index contributed by atoms with van der Waals surface area (Å²) < 4.78 is 0. The Morgan fingerprint density at radius 1 is 1.05 bits per heavy atom. The lowest BCUT2D eigenvalue weighted by Crippen LogP contribution is -1.95. The van der Waals surface area contributed by atoms with Crippen molar-refractivity contribution in [3.8, 4) is 11.5 Å². The Morgan fingerprint density at radius 3 is 2.74 bits per heavy atom. The number of benzene rings is 1. The third kappa shape index (κ3) is 2.43. The van der Waals surface area contributed by atoms with Crippen molar-refractivity contribution in [3.05, 3.63) is 40.7 Å². The normalized spacial score (nSPS) is 14.9. The van der Waals surface area contributed by atoms with Crippen LogP contribution < -0.4 is 0 Å². The molecule has 0 unspecified atom stereocenters. The zero-order chi connectivity index (χ0) is 13.2. The van der Waals surface area contributed by atoms with Crippen molar-refractivity contribution in [2.45, 2.75) is 38.5 Å². The Morgan fingerprint density at radius 2 is 1.89 bits per heavy atom. The van der Waals surface area contributed by atoms with E-state index >= 15 is 0 Å². The first-order valence-corrected chi connectivity index (χ1v) is 6.80. The van der Waals surface area contributed by atoms with Gasteiger partial charge < -0.3 is 10.2 Å². The molecule has 1 aliphatic carbocycles. The van der Waals surface area contributed by atoms with E-state index in [1.54, 1.807) is 6.07 Å². The molecule has 2 aromatic rings. The minimum atomic E-state index is -0.0791. The Kier molecular flexibility index (Phi) is 3.15. The summed E-state index contributed by atoms with van der Waals surface area (Å²) in [5.41, 5.74) is 4.66. The van der Waals surface area contributed by atoms with Crippen molar-refractivity contribution in [1.29, 1.82) is 0 Å². The molecule has 0 atom stereocenters. The number of hydrogen-bond donors (Lipinski definition) is 3. The van der Waals surface area contributed by atoms with E-state index in [0.29, 0.717) is 6.42 Å². The van der Waals surface area contributed by atoms with Crippen LogP contribution in [-0.2, 0) is 19.3 Å². The van der Waals surface area contributed by atoms with E-state index in [-0.39, 0.29) is 11.5 Å². The largest absolute Gasteiger partial charge is 0.504 e. The second-order valence-corrected chi connectivity index (χ2v) is 5.19. The van der Waals surface area contributed by atoms with Gasteiger partial charge in [-0.05, 0) is 48.9 Å². The highest BCUT2D eigenvalue weighted by Crippen LogP contribution is 2.28. The maximum Gasteiger partial charge on any atom is 0.157 e. The number of phenols is 2. The molecule has 1 aliphatic rings. The molecule has 1 heterocycles. The van der Waals surface area contributed by atoms with Crippen molar-refractivity contribution in [1.82, 2.24) is 10.2 Å². The molecule has 3 rings (SSSR count). The summed E-state index contributed by atoms with van der Waals surface area (Å²) in [6, 6.07) is 4.95. The molecular weight excluding hydrogens is 240 g/mol. The van der Waals surface area contributed by atoms with Gasteiger partial charge in [0, 0.05) is 12.1 Å². The maximum atomic E-state index is 9.53. The summed E-state index contributed by atoms with van der Waals surface area (Å²) >= 11 is 0. The van der Waals surface area contributed by atoms with Crippen LogP contribution in [-0.4, -0.2) is 20.4 Å². The Labute approximate surface area is 112 Å². The lowest BCUT2D eigenvalue weighted by molar-refractivity contribution is 0.403. The zero-order valence-electron chi connectivity index (χ0n) is 10.8. The van der Waals surface area contributed by atoms with Crippen LogP contribution in [0.5, 0.6) is 11.5 Å². The molecule has 0 radical (unpaired) electrons. The molecule has 4 nitrogen and oxygen atoms in total. The number of aromatic amines is 1.